The first-order chi connectivity index (χ1) is 14.0. The molecule has 0 radical (unpaired) electrons. The lowest BCUT2D eigenvalue weighted by molar-refractivity contribution is 0.0983. The summed E-state index contributed by atoms with van der Waals surface area (Å²) < 4.78 is 1.12. The van der Waals surface area contributed by atoms with Gasteiger partial charge in [-0.3, -0.25) is 9.69 Å². The maximum Gasteiger partial charge on any atom is 0.260 e. The number of thioether (sulfide) groups is 1. The molecule has 2 aromatic carbocycles. The predicted molar refractivity (Wildman–Crippen MR) is 134 cm³/mol. The molecule has 7 heteroatoms. The van der Waals surface area contributed by atoms with Crippen LogP contribution in [0.3, 0.4) is 0 Å². The Morgan fingerprint density at radius 2 is 1.83 bits per heavy atom. The third kappa shape index (κ3) is 5.35. The lowest BCUT2D eigenvalue weighted by atomic mass is 10.0. The molecule has 3 rings (SSSR count). The van der Waals surface area contributed by atoms with Crippen molar-refractivity contribution in [3.63, 3.8) is 0 Å². The summed E-state index contributed by atoms with van der Waals surface area (Å²) in [4.78, 5) is 23.8. The number of aryl methyl sites for hydroxylation is 2. The molecule has 0 aliphatic heterocycles. The van der Waals surface area contributed by atoms with Crippen LogP contribution < -0.4 is 4.90 Å². The second-order valence-corrected chi connectivity index (χ2v) is 8.96. The van der Waals surface area contributed by atoms with Crippen LogP contribution in [0.25, 0.3) is 10.2 Å². The molecule has 1 heterocycles. The molecule has 0 saturated carbocycles. The number of benzene rings is 2. The maximum absolute atomic E-state index is 13.6. The van der Waals surface area contributed by atoms with Crippen LogP contribution in [0.4, 0.5) is 5.13 Å². The van der Waals surface area contributed by atoms with Crippen molar-refractivity contribution in [2.45, 2.75) is 32.6 Å². The van der Waals surface area contributed by atoms with Gasteiger partial charge in [0.1, 0.15) is 0 Å². The third-order valence-corrected chi connectivity index (χ3v) is 7.03. The second-order valence-electron chi connectivity index (χ2n) is 7.11. The van der Waals surface area contributed by atoms with E-state index in [9.17, 15) is 4.79 Å². The lowest BCUT2D eigenvalue weighted by Crippen LogP contribution is -2.39. The minimum absolute atomic E-state index is 0. The topological polar surface area (TPSA) is 36.4 Å². The molecular weight excluding hydrogens is 434 g/mol. The van der Waals surface area contributed by atoms with Gasteiger partial charge in [-0.05, 0) is 57.0 Å². The van der Waals surface area contributed by atoms with E-state index in [0.717, 1.165) is 51.0 Å². The molecule has 0 atom stereocenters. The molecule has 0 fully saturated rings. The summed E-state index contributed by atoms with van der Waals surface area (Å²) in [7, 11) is 0. The largest absolute Gasteiger partial charge is 0.302 e. The van der Waals surface area contributed by atoms with Crippen molar-refractivity contribution in [3.8, 4) is 0 Å². The van der Waals surface area contributed by atoms with Gasteiger partial charge in [0.25, 0.3) is 5.91 Å². The Balaban J connectivity index is 0.00000320. The highest BCUT2D eigenvalue weighted by Gasteiger charge is 2.23. The zero-order valence-corrected chi connectivity index (χ0v) is 20.7. The Labute approximate surface area is 194 Å². The van der Waals surface area contributed by atoms with Crippen LogP contribution in [-0.2, 0) is 0 Å². The van der Waals surface area contributed by atoms with Crippen LogP contribution in [0.5, 0.6) is 0 Å². The molecule has 0 aliphatic rings. The molecule has 3 aromatic rings. The number of hydrogen-bond donors (Lipinski definition) is 0. The second kappa shape index (κ2) is 11.1. The average molecular weight is 464 g/mol. The van der Waals surface area contributed by atoms with Gasteiger partial charge >= 0.3 is 0 Å². The first kappa shape index (κ1) is 24.7. The van der Waals surface area contributed by atoms with Crippen LogP contribution in [0, 0.1) is 13.8 Å². The number of fused-ring (bicyclic) bond motifs is 1. The zero-order valence-electron chi connectivity index (χ0n) is 18.3. The Morgan fingerprint density at radius 1 is 1.10 bits per heavy atom. The molecule has 162 valence electrons. The molecule has 0 saturated heterocycles. The number of nitrogens with zero attached hydrogens (tertiary/aromatic N) is 3. The average Bonchev–Trinajstić information content (AvgIpc) is 3.14. The van der Waals surface area contributed by atoms with Crippen LogP contribution in [0.1, 0.15) is 35.3 Å². The number of aromatic nitrogens is 1. The predicted octanol–water partition coefficient (Wildman–Crippen LogP) is 6.05. The fraction of sp³-hybridized carbons (Fsp3) is 0.391. The minimum atomic E-state index is 0. The van der Waals surface area contributed by atoms with Crippen molar-refractivity contribution in [3.05, 3.63) is 53.1 Å². The number of anilines is 1. The van der Waals surface area contributed by atoms with Crippen molar-refractivity contribution >= 4 is 56.8 Å². The first-order valence-electron chi connectivity index (χ1n) is 10.0. The molecule has 0 aliphatic carbocycles. The summed E-state index contributed by atoms with van der Waals surface area (Å²) in [6, 6.07) is 12.2. The molecule has 0 spiro atoms. The van der Waals surface area contributed by atoms with Crippen molar-refractivity contribution in [2.24, 2.45) is 0 Å². The summed E-state index contributed by atoms with van der Waals surface area (Å²) in [5.74, 6) is 0.0272. The normalized spacial score (nSPS) is 11.0. The van der Waals surface area contributed by atoms with Crippen LogP contribution in [0.2, 0.25) is 0 Å². The summed E-state index contributed by atoms with van der Waals surface area (Å²) in [5.41, 5.74) is 3.91. The molecule has 4 nitrogen and oxygen atoms in total. The third-order valence-electron chi connectivity index (χ3n) is 5.21. The van der Waals surface area contributed by atoms with E-state index in [2.05, 4.69) is 56.2 Å². The number of carbonyl (C=O) groups is 1. The van der Waals surface area contributed by atoms with E-state index in [1.54, 1.807) is 23.1 Å². The van der Waals surface area contributed by atoms with E-state index in [-0.39, 0.29) is 18.3 Å². The fourth-order valence-electron chi connectivity index (χ4n) is 3.46. The summed E-state index contributed by atoms with van der Waals surface area (Å²) in [5, 5.41) is 0.777. The van der Waals surface area contributed by atoms with Crippen molar-refractivity contribution in [2.75, 3.05) is 37.3 Å². The van der Waals surface area contributed by atoms with E-state index >= 15 is 0 Å². The quantitative estimate of drug-likeness (QED) is 0.381. The van der Waals surface area contributed by atoms with Crippen LogP contribution in [0.15, 0.2) is 41.3 Å². The fourth-order valence-corrected chi connectivity index (χ4v) is 5.10. The molecule has 0 N–H and O–H groups in total. The highest BCUT2D eigenvalue weighted by Crippen LogP contribution is 2.34. The molecule has 30 heavy (non-hydrogen) atoms. The molecule has 0 bridgehead atoms. The van der Waals surface area contributed by atoms with Crippen molar-refractivity contribution < 1.29 is 4.79 Å². The standard InChI is InChI=1S/C23H29N3OS2.ClH/c1-6-25(7-2)13-14-26(22(27)18-12-11-16(3)15-17(18)4)23-24-21-19(28-5)9-8-10-20(21)29-23;/h8-12,15H,6-7,13-14H2,1-5H3;1H. The van der Waals surface area contributed by atoms with Crippen LogP contribution >= 0.6 is 35.5 Å². The highest BCUT2D eigenvalue weighted by atomic mass is 35.5. The molecule has 1 amide bonds. The monoisotopic (exact) mass is 463 g/mol. The number of carbonyl (C=O) groups excluding carboxylic acids is 1. The van der Waals surface area contributed by atoms with Gasteiger partial charge in [0.15, 0.2) is 5.13 Å². The Bertz CT molecular complexity index is 1000. The van der Waals surface area contributed by atoms with Crippen molar-refractivity contribution in [1.82, 2.24) is 9.88 Å². The van der Waals surface area contributed by atoms with E-state index in [0.29, 0.717) is 6.54 Å². The van der Waals surface area contributed by atoms with Gasteiger partial charge in [0.05, 0.1) is 10.2 Å². The number of rotatable bonds is 8. The van der Waals surface area contributed by atoms with Gasteiger partial charge in [0.2, 0.25) is 0 Å². The number of hydrogen-bond acceptors (Lipinski definition) is 5. The zero-order chi connectivity index (χ0) is 21.0. The van der Waals surface area contributed by atoms with E-state index in [1.807, 2.05) is 24.0 Å². The number of para-hydroxylation sites is 1. The van der Waals surface area contributed by atoms with Gasteiger partial charge < -0.3 is 4.90 Å². The Morgan fingerprint density at radius 3 is 2.47 bits per heavy atom. The minimum Gasteiger partial charge on any atom is -0.302 e. The number of halogens is 1. The molecule has 1 aromatic heterocycles. The van der Waals surface area contributed by atoms with Gasteiger partial charge in [-0.25, -0.2) is 4.98 Å². The molecular formula is C23H30ClN3OS2. The summed E-state index contributed by atoms with van der Waals surface area (Å²) >= 11 is 3.29. The van der Waals surface area contributed by atoms with E-state index in [4.69, 9.17) is 4.98 Å². The van der Waals surface area contributed by atoms with Gasteiger partial charge in [-0.15, -0.1) is 24.2 Å². The number of amides is 1. The summed E-state index contributed by atoms with van der Waals surface area (Å²) in [6.07, 6.45) is 2.06. The van der Waals surface area contributed by atoms with Crippen molar-refractivity contribution in [1.29, 1.82) is 0 Å². The first-order valence-corrected chi connectivity index (χ1v) is 12.1. The van der Waals surface area contributed by atoms with E-state index < -0.39 is 0 Å². The number of thiazole rings is 1. The molecule has 0 unspecified atom stereocenters. The highest BCUT2D eigenvalue weighted by molar-refractivity contribution is 7.98. The Kier molecular flexibility index (Phi) is 9.16. The van der Waals surface area contributed by atoms with Gasteiger partial charge in [-0.2, -0.15) is 0 Å². The van der Waals surface area contributed by atoms with Gasteiger partial charge in [0, 0.05) is 23.5 Å². The number of likely N-dealkylation sites (N-methyl/N-ethyl adjacent to an activating group) is 1. The maximum atomic E-state index is 13.6. The Hall–Kier alpha value is -1.60. The van der Waals surface area contributed by atoms with Crippen LogP contribution in [-0.4, -0.2) is 48.2 Å². The SMILES string of the molecule is CCN(CC)CCN(C(=O)c1ccc(C)cc1C)c1nc2c(SC)cccc2s1.Cl. The van der Waals surface area contributed by atoms with E-state index in [1.165, 1.54) is 5.56 Å². The van der Waals surface area contributed by atoms with Gasteiger partial charge in [-0.1, -0.05) is 48.9 Å². The smallest absolute Gasteiger partial charge is 0.260 e. The summed E-state index contributed by atoms with van der Waals surface area (Å²) in [6.45, 7) is 11.8. The lowest BCUT2D eigenvalue weighted by Gasteiger charge is -2.25.